The number of para-hydroxylation sites is 3. The van der Waals surface area contributed by atoms with E-state index < -0.39 is 0 Å². The smallest absolute Gasteiger partial charge is 0.259 e. The van der Waals surface area contributed by atoms with E-state index in [1.807, 2.05) is 0 Å². The largest absolute Gasteiger partial charge is 0.493 e. The third kappa shape index (κ3) is 2.66. The normalized spacial score (nSPS) is 9.90. The second-order valence-corrected chi connectivity index (χ2v) is 4.08. The van der Waals surface area contributed by atoms with Gasteiger partial charge in [-0.3, -0.25) is 4.79 Å². The highest BCUT2D eigenvalue weighted by Gasteiger charge is 2.16. The average molecular weight is 272 g/mol. The van der Waals surface area contributed by atoms with E-state index in [9.17, 15) is 4.79 Å². The van der Waals surface area contributed by atoms with Gasteiger partial charge in [0.15, 0.2) is 11.5 Å². The summed E-state index contributed by atoms with van der Waals surface area (Å²) < 4.78 is 10.4. The molecule has 0 atom stereocenters. The fourth-order valence-electron chi connectivity index (χ4n) is 1.87. The molecular weight excluding hydrogens is 256 g/mol. The van der Waals surface area contributed by atoms with Gasteiger partial charge in [0.1, 0.15) is 0 Å². The molecule has 0 aliphatic rings. The van der Waals surface area contributed by atoms with Crippen LogP contribution in [-0.4, -0.2) is 20.1 Å². The molecule has 0 fully saturated rings. The van der Waals surface area contributed by atoms with Crippen molar-refractivity contribution in [2.75, 3.05) is 25.3 Å². The summed E-state index contributed by atoms with van der Waals surface area (Å²) in [5, 5.41) is 2.75. The van der Waals surface area contributed by atoms with Crippen molar-refractivity contribution in [1.29, 1.82) is 0 Å². The molecule has 0 saturated heterocycles. The molecule has 20 heavy (non-hydrogen) atoms. The van der Waals surface area contributed by atoms with E-state index in [1.165, 1.54) is 14.2 Å². The van der Waals surface area contributed by atoms with Crippen molar-refractivity contribution in [3.63, 3.8) is 0 Å². The molecule has 104 valence electrons. The van der Waals surface area contributed by atoms with Crippen LogP contribution in [0.1, 0.15) is 10.4 Å². The van der Waals surface area contributed by atoms with Gasteiger partial charge in [-0.05, 0) is 24.3 Å². The second-order valence-electron chi connectivity index (χ2n) is 4.08. The summed E-state index contributed by atoms with van der Waals surface area (Å²) in [5.41, 5.74) is 7.25. The standard InChI is InChI=1S/C15H16N2O3/c1-19-13-9-5-6-10(14(13)20-2)15(18)17-12-8-4-3-7-11(12)16/h3-9H,16H2,1-2H3,(H,17,18). The van der Waals surface area contributed by atoms with Crippen molar-refractivity contribution in [3.05, 3.63) is 48.0 Å². The Morgan fingerprint density at radius 1 is 1.05 bits per heavy atom. The van der Waals surface area contributed by atoms with Crippen molar-refractivity contribution in [1.82, 2.24) is 0 Å². The molecule has 0 bridgehead atoms. The summed E-state index contributed by atoms with van der Waals surface area (Å²) in [6.07, 6.45) is 0. The van der Waals surface area contributed by atoms with Gasteiger partial charge in [-0.25, -0.2) is 0 Å². The molecule has 0 aromatic heterocycles. The topological polar surface area (TPSA) is 73.6 Å². The summed E-state index contributed by atoms with van der Waals surface area (Å²) in [4.78, 5) is 12.3. The molecule has 3 N–H and O–H groups in total. The van der Waals surface area contributed by atoms with Gasteiger partial charge in [0.05, 0.1) is 31.2 Å². The number of amides is 1. The van der Waals surface area contributed by atoms with Crippen molar-refractivity contribution in [3.8, 4) is 11.5 Å². The molecule has 0 unspecified atom stereocenters. The van der Waals surface area contributed by atoms with Crippen LogP contribution in [0, 0.1) is 0 Å². The molecule has 0 heterocycles. The van der Waals surface area contributed by atoms with E-state index >= 15 is 0 Å². The Morgan fingerprint density at radius 3 is 2.45 bits per heavy atom. The first-order valence-corrected chi connectivity index (χ1v) is 6.04. The predicted octanol–water partition coefficient (Wildman–Crippen LogP) is 2.54. The zero-order valence-corrected chi connectivity index (χ0v) is 11.3. The van der Waals surface area contributed by atoms with E-state index in [4.69, 9.17) is 15.2 Å². The molecule has 2 rings (SSSR count). The van der Waals surface area contributed by atoms with E-state index in [0.717, 1.165) is 0 Å². The number of anilines is 2. The molecule has 2 aromatic rings. The number of ether oxygens (including phenoxy) is 2. The van der Waals surface area contributed by atoms with Gasteiger partial charge >= 0.3 is 0 Å². The van der Waals surface area contributed by atoms with E-state index in [-0.39, 0.29) is 5.91 Å². The van der Waals surface area contributed by atoms with Gasteiger partial charge in [-0.15, -0.1) is 0 Å². The van der Waals surface area contributed by atoms with Crippen molar-refractivity contribution >= 4 is 17.3 Å². The number of methoxy groups -OCH3 is 2. The summed E-state index contributed by atoms with van der Waals surface area (Å²) >= 11 is 0. The predicted molar refractivity (Wildman–Crippen MR) is 78.4 cm³/mol. The Balaban J connectivity index is 2.32. The van der Waals surface area contributed by atoms with Crippen LogP contribution in [-0.2, 0) is 0 Å². The molecular formula is C15H16N2O3. The maximum absolute atomic E-state index is 12.3. The second kappa shape index (κ2) is 5.97. The highest BCUT2D eigenvalue weighted by Crippen LogP contribution is 2.31. The van der Waals surface area contributed by atoms with Crippen molar-refractivity contribution in [2.45, 2.75) is 0 Å². The minimum Gasteiger partial charge on any atom is -0.493 e. The van der Waals surface area contributed by atoms with Crippen LogP contribution in [0.15, 0.2) is 42.5 Å². The minimum absolute atomic E-state index is 0.307. The number of hydrogen-bond acceptors (Lipinski definition) is 4. The van der Waals surface area contributed by atoms with Crippen LogP contribution in [0.3, 0.4) is 0 Å². The van der Waals surface area contributed by atoms with Crippen LogP contribution in [0.25, 0.3) is 0 Å². The fourth-order valence-corrected chi connectivity index (χ4v) is 1.87. The van der Waals surface area contributed by atoms with Crippen molar-refractivity contribution < 1.29 is 14.3 Å². The molecule has 0 radical (unpaired) electrons. The van der Waals surface area contributed by atoms with Gasteiger partial charge < -0.3 is 20.5 Å². The molecule has 0 saturated carbocycles. The Kier molecular flexibility index (Phi) is 4.10. The first-order chi connectivity index (χ1) is 9.67. The van der Waals surface area contributed by atoms with Crippen molar-refractivity contribution in [2.24, 2.45) is 0 Å². The summed E-state index contributed by atoms with van der Waals surface area (Å²) in [6, 6.07) is 12.2. The number of nitrogens with two attached hydrogens (primary N) is 1. The molecule has 0 spiro atoms. The lowest BCUT2D eigenvalue weighted by molar-refractivity contribution is 0.102. The van der Waals surface area contributed by atoms with E-state index in [0.29, 0.717) is 28.4 Å². The van der Waals surface area contributed by atoms with Gasteiger partial charge in [0, 0.05) is 0 Å². The number of hydrogen-bond donors (Lipinski definition) is 2. The number of nitrogens with one attached hydrogen (secondary N) is 1. The third-order valence-corrected chi connectivity index (χ3v) is 2.86. The molecule has 5 nitrogen and oxygen atoms in total. The fraction of sp³-hybridized carbons (Fsp3) is 0.133. The van der Waals surface area contributed by atoms with Crippen LogP contribution in [0.5, 0.6) is 11.5 Å². The van der Waals surface area contributed by atoms with Crippen LogP contribution in [0.2, 0.25) is 0 Å². The highest BCUT2D eigenvalue weighted by molar-refractivity contribution is 6.08. The Bertz CT molecular complexity index is 626. The van der Waals surface area contributed by atoms with E-state index in [1.54, 1.807) is 42.5 Å². The van der Waals surface area contributed by atoms with Gasteiger partial charge in [0.2, 0.25) is 0 Å². The highest BCUT2D eigenvalue weighted by atomic mass is 16.5. The van der Waals surface area contributed by atoms with Crippen LogP contribution >= 0.6 is 0 Å². The molecule has 0 aliphatic heterocycles. The monoisotopic (exact) mass is 272 g/mol. The minimum atomic E-state index is -0.307. The van der Waals surface area contributed by atoms with Gasteiger partial charge in [-0.2, -0.15) is 0 Å². The summed E-state index contributed by atoms with van der Waals surface area (Å²) in [5.74, 6) is 0.585. The quantitative estimate of drug-likeness (QED) is 0.839. The third-order valence-electron chi connectivity index (χ3n) is 2.86. The zero-order chi connectivity index (χ0) is 14.5. The lowest BCUT2D eigenvalue weighted by atomic mass is 10.1. The number of benzene rings is 2. The maximum Gasteiger partial charge on any atom is 0.259 e. The van der Waals surface area contributed by atoms with E-state index in [2.05, 4.69) is 5.32 Å². The number of rotatable bonds is 4. The van der Waals surface area contributed by atoms with Crippen LogP contribution in [0.4, 0.5) is 11.4 Å². The maximum atomic E-state index is 12.3. The Labute approximate surface area is 117 Å². The lowest BCUT2D eigenvalue weighted by Gasteiger charge is -2.13. The summed E-state index contributed by atoms with van der Waals surface area (Å²) in [6.45, 7) is 0. The molecule has 0 aliphatic carbocycles. The van der Waals surface area contributed by atoms with Crippen LogP contribution < -0.4 is 20.5 Å². The summed E-state index contributed by atoms with van der Waals surface area (Å²) in [7, 11) is 3.01. The Morgan fingerprint density at radius 2 is 1.80 bits per heavy atom. The lowest BCUT2D eigenvalue weighted by Crippen LogP contribution is -2.14. The first kappa shape index (κ1) is 13.7. The number of carbonyl (C=O) groups is 1. The SMILES string of the molecule is COc1cccc(C(=O)Nc2ccccc2N)c1OC. The molecule has 5 heteroatoms. The van der Waals surface area contributed by atoms with Gasteiger partial charge in [0.25, 0.3) is 5.91 Å². The molecule has 1 amide bonds. The number of nitrogen functional groups attached to an aromatic ring is 1. The number of carbonyl (C=O) groups excluding carboxylic acids is 1. The molecule has 2 aromatic carbocycles. The Hall–Kier alpha value is -2.69. The first-order valence-electron chi connectivity index (χ1n) is 6.04. The van der Waals surface area contributed by atoms with Gasteiger partial charge in [-0.1, -0.05) is 18.2 Å². The zero-order valence-electron chi connectivity index (χ0n) is 11.3. The average Bonchev–Trinajstić information content (AvgIpc) is 2.48.